The first-order chi connectivity index (χ1) is 24.5. The van der Waals surface area contributed by atoms with Gasteiger partial charge in [-0.2, -0.15) is 0 Å². The van der Waals surface area contributed by atoms with Gasteiger partial charge in [0.25, 0.3) is 0 Å². The van der Waals surface area contributed by atoms with Crippen LogP contribution in [0.5, 0.6) is 5.75 Å². The van der Waals surface area contributed by atoms with Gasteiger partial charge in [0.1, 0.15) is 5.75 Å². The van der Waals surface area contributed by atoms with Crippen LogP contribution in [0.15, 0.2) is 186 Å². The Hall–Kier alpha value is -4.84. The molecule has 0 saturated carbocycles. The van der Waals surface area contributed by atoms with E-state index in [0.717, 1.165) is 9.50 Å². The van der Waals surface area contributed by atoms with Crippen LogP contribution in [0.2, 0.25) is 10.0 Å². The topological polar surface area (TPSA) is 29.5 Å². The minimum atomic E-state index is 0. The Morgan fingerprint density at radius 1 is 0.412 bits per heavy atom. The minimum absolute atomic E-state index is 0. The third kappa shape index (κ3) is 9.49. The Bertz CT molecular complexity index is 2300. The summed E-state index contributed by atoms with van der Waals surface area (Å²) in [6, 6.07) is 61.5. The lowest BCUT2D eigenvalue weighted by Gasteiger charge is -2.11. The molecule has 0 heterocycles. The van der Waals surface area contributed by atoms with Crippen LogP contribution >= 0.6 is 39.1 Å². The summed E-state index contributed by atoms with van der Waals surface area (Å²) < 4.78 is 5.78. The van der Waals surface area contributed by atoms with E-state index in [1.807, 2.05) is 24.3 Å². The zero-order chi connectivity index (χ0) is 34.7. The third-order valence-corrected chi connectivity index (χ3v) is 9.31. The van der Waals surface area contributed by atoms with E-state index < -0.39 is 0 Å². The molecule has 6 heteroatoms. The zero-order valence-corrected chi connectivity index (χ0v) is 30.0. The predicted octanol–water partition coefficient (Wildman–Crippen LogP) is 14.0. The first kappa shape index (κ1) is 37.4. The Morgan fingerprint density at radius 2 is 0.784 bits per heavy atom. The summed E-state index contributed by atoms with van der Waals surface area (Å²) in [4.78, 5) is 0. The Balaban J connectivity index is 0.000000159. The highest BCUT2D eigenvalue weighted by molar-refractivity contribution is 9.10. The van der Waals surface area contributed by atoms with E-state index in [1.165, 1.54) is 54.9 Å². The molecule has 0 aliphatic heterocycles. The van der Waals surface area contributed by atoms with Crippen LogP contribution in [0.25, 0.3) is 54.9 Å². The van der Waals surface area contributed by atoms with E-state index in [9.17, 15) is 0 Å². The van der Waals surface area contributed by atoms with Crippen LogP contribution in [-0.2, 0) is 0 Å². The standard InChI is InChI=1S/C22H15Cl.C16H11Br.C6H5BClO2.CH4/c23-18-14-12-17(13-15-18)20-9-5-10-21-19(8-4-11-22(20)21)16-6-2-1-3-7-16;17-16-11-5-9-14-13(8-4-10-15(14)16)12-6-2-1-3-7-12;8-5-1-3-6(4-2-5)10-7-9;/h1-15H;1-11H;1-4,9H;1H4. The molecule has 0 atom stereocenters. The molecule has 0 aromatic heterocycles. The quantitative estimate of drug-likeness (QED) is 0.177. The molecule has 8 aromatic rings. The second kappa shape index (κ2) is 18.4. The average molecular weight is 769 g/mol. The van der Waals surface area contributed by atoms with E-state index >= 15 is 0 Å². The van der Waals surface area contributed by atoms with Crippen molar-refractivity contribution in [2.75, 3.05) is 0 Å². The van der Waals surface area contributed by atoms with Crippen LogP contribution in [0.3, 0.4) is 0 Å². The first-order valence-corrected chi connectivity index (χ1v) is 17.5. The highest BCUT2D eigenvalue weighted by Crippen LogP contribution is 2.35. The number of hydrogen-bond acceptors (Lipinski definition) is 2. The molecule has 0 aliphatic rings. The monoisotopic (exact) mass is 767 g/mol. The molecule has 2 nitrogen and oxygen atoms in total. The van der Waals surface area contributed by atoms with Gasteiger partial charge >= 0.3 is 7.69 Å². The molecule has 0 saturated heterocycles. The molecule has 0 unspecified atom stereocenters. The van der Waals surface area contributed by atoms with Gasteiger partial charge in [0.15, 0.2) is 0 Å². The molecule has 0 aliphatic carbocycles. The predicted molar refractivity (Wildman–Crippen MR) is 224 cm³/mol. The highest BCUT2D eigenvalue weighted by atomic mass is 79.9. The molecule has 8 aromatic carbocycles. The van der Waals surface area contributed by atoms with Crippen LogP contribution < -0.4 is 4.65 Å². The molecule has 251 valence electrons. The number of benzene rings is 8. The lowest BCUT2D eigenvalue weighted by molar-refractivity contribution is 0.454. The van der Waals surface area contributed by atoms with Gasteiger partial charge in [-0.05, 0) is 97.4 Å². The number of rotatable bonds is 5. The Morgan fingerprint density at radius 3 is 1.24 bits per heavy atom. The van der Waals surface area contributed by atoms with Gasteiger partial charge in [-0.15, -0.1) is 0 Å². The summed E-state index contributed by atoms with van der Waals surface area (Å²) in [6.45, 7) is 0. The third-order valence-electron chi connectivity index (χ3n) is 8.12. The van der Waals surface area contributed by atoms with E-state index in [-0.39, 0.29) is 7.43 Å². The van der Waals surface area contributed by atoms with Crippen LogP contribution in [0.1, 0.15) is 7.43 Å². The first-order valence-electron chi connectivity index (χ1n) is 16.0. The van der Waals surface area contributed by atoms with Crippen LogP contribution in [-0.4, -0.2) is 12.7 Å². The van der Waals surface area contributed by atoms with Crippen molar-refractivity contribution in [3.63, 3.8) is 0 Å². The van der Waals surface area contributed by atoms with Gasteiger partial charge in [-0.3, -0.25) is 0 Å². The van der Waals surface area contributed by atoms with Gasteiger partial charge in [0.2, 0.25) is 0 Å². The fourth-order valence-corrected chi connectivity index (χ4v) is 6.53. The summed E-state index contributed by atoms with van der Waals surface area (Å²) >= 11 is 15.2. The number of halogens is 3. The van der Waals surface area contributed by atoms with Gasteiger partial charge < -0.3 is 9.68 Å². The van der Waals surface area contributed by atoms with Crippen molar-refractivity contribution in [2.24, 2.45) is 0 Å². The normalized spacial score (nSPS) is 10.2. The van der Waals surface area contributed by atoms with Crippen molar-refractivity contribution in [3.8, 4) is 39.1 Å². The maximum absolute atomic E-state index is 8.21. The Kier molecular flexibility index (Phi) is 13.5. The van der Waals surface area contributed by atoms with Crippen molar-refractivity contribution >= 4 is 68.4 Å². The molecule has 0 fully saturated rings. The molecule has 0 amide bonds. The largest absolute Gasteiger partial charge is 0.569 e. The number of hydrogen-bond donors (Lipinski definition) is 1. The van der Waals surface area contributed by atoms with Crippen molar-refractivity contribution in [2.45, 2.75) is 7.43 Å². The van der Waals surface area contributed by atoms with Crippen LogP contribution in [0, 0.1) is 0 Å². The van der Waals surface area contributed by atoms with Crippen molar-refractivity contribution in [1.82, 2.24) is 0 Å². The molecule has 51 heavy (non-hydrogen) atoms. The second-order valence-corrected chi connectivity index (χ2v) is 13.0. The maximum Gasteiger partial charge on any atom is 0.569 e. The SMILES string of the molecule is Brc1cccc2c(-c3ccccc3)cccc12.C.Clc1ccc(-c2cccc3c(-c4ccccc4)cccc23)cc1.O[B]Oc1ccc(Cl)cc1. The lowest BCUT2D eigenvalue weighted by Crippen LogP contribution is -1.98. The van der Waals surface area contributed by atoms with Crippen LogP contribution in [0.4, 0.5) is 0 Å². The summed E-state index contributed by atoms with van der Waals surface area (Å²) in [6.07, 6.45) is 0. The molecule has 1 radical (unpaired) electrons. The maximum atomic E-state index is 8.21. The summed E-state index contributed by atoms with van der Waals surface area (Å²) in [7, 11) is 0.628. The average Bonchev–Trinajstić information content (AvgIpc) is 3.17. The molecule has 1 N–H and O–H groups in total. The van der Waals surface area contributed by atoms with E-state index in [0.29, 0.717) is 18.5 Å². The van der Waals surface area contributed by atoms with Gasteiger partial charge in [0, 0.05) is 14.5 Å². The Labute approximate surface area is 319 Å². The molecular weight excluding hydrogens is 734 g/mol. The van der Waals surface area contributed by atoms with Crippen molar-refractivity contribution < 1.29 is 9.68 Å². The van der Waals surface area contributed by atoms with E-state index in [4.69, 9.17) is 28.2 Å². The van der Waals surface area contributed by atoms with Crippen molar-refractivity contribution in [1.29, 1.82) is 0 Å². The minimum Gasteiger partial charge on any atom is -0.537 e. The van der Waals surface area contributed by atoms with Gasteiger partial charge in [-0.1, -0.05) is 186 Å². The molecule has 0 spiro atoms. The zero-order valence-electron chi connectivity index (χ0n) is 26.9. The highest BCUT2D eigenvalue weighted by Gasteiger charge is 2.08. The number of fused-ring (bicyclic) bond motifs is 2. The van der Waals surface area contributed by atoms with Gasteiger partial charge in [-0.25, -0.2) is 0 Å². The summed E-state index contributed by atoms with van der Waals surface area (Å²) in [5.74, 6) is 0.562. The molecule has 8 rings (SSSR count). The summed E-state index contributed by atoms with van der Waals surface area (Å²) in [5, 5.41) is 14.7. The van der Waals surface area contributed by atoms with Gasteiger partial charge in [0.05, 0.1) is 0 Å². The smallest absolute Gasteiger partial charge is 0.537 e. The summed E-state index contributed by atoms with van der Waals surface area (Å²) in [5.41, 5.74) is 7.47. The molecule has 0 bridgehead atoms. The van der Waals surface area contributed by atoms with Crippen molar-refractivity contribution in [3.05, 3.63) is 197 Å². The lowest BCUT2D eigenvalue weighted by atomic mass is 9.93. The van der Waals surface area contributed by atoms with E-state index in [2.05, 4.69) is 154 Å². The molecular formula is C45H35BBrCl2O2. The fraction of sp³-hybridized carbons (Fsp3) is 0.0222. The van der Waals surface area contributed by atoms with E-state index in [1.54, 1.807) is 24.3 Å². The second-order valence-electron chi connectivity index (χ2n) is 11.3. The fourth-order valence-electron chi connectivity index (χ4n) is 5.78.